The molecule has 126 valence electrons. The van der Waals surface area contributed by atoms with Crippen molar-refractivity contribution in [2.24, 2.45) is 5.92 Å². The summed E-state index contributed by atoms with van der Waals surface area (Å²) >= 11 is 0. The fourth-order valence-corrected chi connectivity index (χ4v) is 3.52. The van der Waals surface area contributed by atoms with Crippen molar-refractivity contribution in [1.29, 1.82) is 0 Å². The summed E-state index contributed by atoms with van der Waals surface area (Å²) in [4.78, 5) is 19.0. The molecule has 0 bridgehead atoms. The lowest BCUT2D eigenvalue weighted by atomic mass is 9.94. The minimum atomic E-state index is -0.132. The molecule has 0 saturated carbocycles. The largest absolute Gasteiger partial charge is 0.333 e. The maximum atomic E-state index is 13.0. The van der Waals surface area contributed by atoms with E-state index in [1.54, 1.807) is 12.4 Å². The number of hydrazine groups is 1. The second-order valence-corrected chi connectivity index (χ2v) is 6.19. The van der Waals surface area contributed by atoms with Gasteiger partial charge in [-0.25, -0.2) is 5.43 Å². The second-order valence-electron chi connectivity index (χ2n) is 6.19. The van der Waals surface area contributed by atoms with Crippen LogP contribution in [0, 0.1) is 5.92 Å². The monoisotopic (exact) mass is 327 g/mol. The summed E-state index contributed by atoms with van der Waals surface area (Å²) < 4.78 is 2.13. The van der Waals surface area contributed by atoms with Gasteiger partial charge in [0.15, 0.2) is 5.82 Å². The number of amides is 1. The van der Waals surface area contributed by atoms with E-state index in [1.807, 2.05) is 17.0 Å². The first-order chi connectivity index (χ1) is 11.8. The molecule has 0 spiro atoms. The number of fused-ring (bicyclic) bond motifs is 1. The minimum absolute atomic E-state index is 0.0356. The molecular formula is C16H21N7O. The van der Waals surface area contributed by atoms with E-state index >= 15 is 0 Å². The molecule has 2 aromatic rings. The van der Waals surface area contributed by atoms with Gasteiger partial charge >= 0.3 is 0 Å². The number of hydrogen-bond acceptors (Lipinski definition) is 6. The predicted octanol–water partition coefficient (Wildman–Crippen LogP) is 0.0430. The van der Waals surface area contributed by atoms with Gasteiger partial charge in [-0.2, -0.15) is 0 Å². The highest BCUT2D eigenvalue weighted by molar-refractivity contribution is 5.80. The lowest BCUT2D eigenvalue weighted by Crippen LogP contribution is -2.43. The Hall–Kier alpha value is -2.32. The zero-order valence-electron chi connectivity index (χ0n) is 13.6. The van der Waals surface area contributed by atoms with E-state index in [1.165, 1.54) is 0 Å². The van der Waals surface area contributed by atoms with Crippen LogP contribution >= 0.6 is 0 Å². The molecule has 8 nitrogen and oxygen atoms in total. The Morgan fingerprint density at radius 1 is 1.29 bits per heavy atom. The Morgan fingerprint density at radius 2 is 2.12 bits per heavy atom. The van der Waals surface area contributed by atoms with E-state index < -0.39 is 0 Å². The standard InChI is InChI=1S/C16H21N7O/c1-2-13-19-20-14-10-22(7-8-23(13)14)16(24)12-9-18-21-15(12)11-3-5-17-6-4-11/h3-6,12,15,18,21H,2,7-10H2,1H3. The first-order valence-electron chi connectivity index (χ1n) is 8.36. The van der Waals surface area contributed by atoms with Crippen molar-refractivity contribution in [3.8, 4) is 0 Å². The third kappa shape index (κ3) is 2.57. The molecule has 2 atom stereocenters. The van der Waals surface area contributed by atoms with Crippen molar-refractivity contribution in [2.75, 3.05) is 13.1 Å². The molecule has 1 amide bonds. The second kappa shape index (κ2) is 6.29. The lowest BCUT2D eigenvalue weighted by molar-refractivity contribution is -0.137. The molecule has 4 heterocycles. The van der Waals surface area contributed by atoms with Crippen LogP contribution in [-0.2, 0) is 24.3 Å². The number of aryl methyl sites for hydroxylation is 1. The predicted molar refractivity (Wildman–Crippen MR) is 86.4 cm³/mol. The fourth-order valence-electron chi connectivity index (χ4n) is 3.52. The Kier molecular flexibility index (Phi) is 3.99. The van der Waals surface area contributed by atoms with Crippen LogP contribution in [0.2, 0.25) is 0 Å². The van der Waals surface area contributed by atoms with Gasteiger partial charge in [0.25, 0.3) is 0 Å². The van der Waals surface area contributed by atoms with Crippen LogP contribution in [0.15, 0.2) is 24.5 Å². The average molecular weight is 327 g/mol. The van der Waals surface area contributed by atoms with Crippen LogP contribution in [0.1, 0.15) is 30.2 Å². The van der Waals surface area contributed by atoms with Crippen LogP contribution in [0.4, 0.5) is 0 Å². The van der Waals surface area contributed by atoms with Gasteiger partial charge in [0.2, 0.25) is 5.91 Å². The highest BCUT2D eigenvalue weighted by Crippen LogP contribution is 2.27. The number of aromatic nitrogens is 4. The molecule has 0 aliphatic carbocycles. The van der Waals surface area contributed by atoms with Crippen molar-refractivity contribution in [2.45, 2.75) is 32.5 Å². The highest BCUT2D eigenvalue weighted by atomic mass is 16.2. The SMILES string of the molecule is CCc1nnc2n1CCN(C(=O)C1CNNC1c1ccncc1)C2. The molecule has 24 heavy (non-hydrogen) atoms. The van der Waals surface area contributed by atoms with Gasteiger partial charge in [-0.15, -0.1) is 10.2 Å². The van der Waals surface area contributed by atoms with Gasteiger partial charge < -0.3 is 9.47 Å². The third-order valence-corrected chi connectivity index (χ3v) is 4.82. The quantitative estimate of drug-likeness (QED) is 0.828. The molecule has 1 fully saturated rings. The number of pyridine rings is 1. The topological polar surface area (TPSA) is 88.0 Å². The smallest absolute Gasteiger partial charge is 0.229 e. The maximum Gasteiger partial charge on any atom is 0.229 e. The van der Waals surface area contributed by atoms with Crippen molar-refractivity contribution < 1.29 is 4.79 Å². The number of nitrogens with one attached hydrogen (secondary N) is 2. The van der Waals surface area contributed by atoms with Gasteiger partial charge in [-0.1, -0.05) is 6.92 Å². The molecule has 2 unspecified atom stereocenters. The van der Waals surface area contributed by atoms with Crippen LogP contribution in [0.3, 0.4) is 0 Å². The van der Waals surface area contributed by atoms with Gasteiger partial charge in [-0.05, 0) is 17.7 Å². The van der Waals surface area contributed by atoms with E-state index in [4.69, 9.17) is 0 Å². The van der Waals surface area contributed by atoms with E-state index in [-0.39, 0.29) is 17.9 Å². The molecule has 2 aromatic heterocycles. The minimum Gasteiger partial charge on any atom is -0.333 e. The van der Waals surface area contributed by atoms with E-state index in [0.717, 1.165) is 30.2 Å². The summed E-state index contributed by atoms with van der Waals surface area (Å²) in [7, 11) is 0. The Balaban J connectivity index is 1.51. The zero-order chi connectivity index (χ0) is 16.5. The van der Waals surface area contributed by atoms with Crippen LogP contribution < -0.4 is 10.9 Å². The number of hydrogen-bond donors (Lipinski definition) is 2. The Bertz CT molecular complexity index is 729. The first-order valence-corrected chi connectivity index (χ1v) is 8.36. The van der Waals surface area contributed by atoms with Crippen LogP contribution in [0.25, 0.3) is 0 Å². The maximum absolute atomic E-state index is 13.0. The summed E-state index contributed by atoms with van der Waals surface area (Å²) in [5, 5.41) is 8.46. The highest BCUT2D eigenvalue weighted by Gasteiger charge is 2.37. The Labute approximate surface area is 140 Å². The van der Waals surface area contributed by atoms with Gasteiger partial charge in [0.1, 0.15) is 5.82 Å². The van der Waals surface area contributed by atoms with Crippen molar-refractivity contribution in [3.05, 3.63) is 41.7 Å². The van der Waals surface area contributed by atoms with Crippen molar-refractivity contribution >= 4 is 5.91 Å². The van der Waals surface area contributed by atoms with Crippen molar-refractivity contribution in [1.82, 2.24) is 35.5 Å². The molecule has 1 saturated heterocycles. The molecule has 2 aliphatic heterocycles. The van der Waals surface area contributed by atoms with E-state index in [9.17, 15) is 4.79 Å². The third-order valence-electron chi connectivity index (χ3n) is 4.82. The molecule has 4 rings (SSSR count). The van der Waals surface area contributed by atoms with E-state index in [2.05, 4.69) is 37.5 Å². The zero-order valence-corrected chi connectivity index (χ0v) is 13.6. The molecule has 2 aliphatic rings. The van der Waals surface area contributed by atoms with Crippen LogP contribution in [-0.4, -0.2) is 43.6 Å². The van der Waals surface area contributed by atoms with Crippen molar-refractivity contribution in [3.63, 3.8) is 0 Å². The normalized spacial score (nSPS) is 23.3. The molecule has 0 aromatic carbocycles. The summed E-state index contributed by atoms with van der Waals surface area (Å²) in [6, 6.07) is 3.86. The molecule has 8 heteroatoms. The molecular weight excluding hydrogens is 306 g/mol. The number of nitrogens with zero attached hydrogens (tertiary/aromatic N) is 5. The summed E-state index contributed by atoms with van der Waals surface area (Å²) in [6.07, 6.45) is 4.38. The summed E-state index contributed by atoms with van der Waals surface area (Å²) in [5.74, 6) is 1.90. The number of carbonyl (C=O) groups is 1. The Morgan fingerprint density at radius 3 is 2.92 bits per heavy atom. The first kappa shape index (κ1) is 15.2. The number of carbonyl (C=O) groups excluding carboxylic acids is 1. The molecule has 2 N–H and O–H groups in total. The molecule has 0 radical (unpaired) electrons. The van der Waals surface area contributed by atoms with E-state index in [0.29, 0.717) is 19.6 Å². The van der Waals surface area contributed by atoms with Gasteiger partial charge in [-0.3, -0.25) is 15.2 Å². The number of rotatable bonds is 3. The average Bonchev–Trinajstić information content (AvgIpc) is 3.28. The van der Waals surface area contributed by atoms with Crippen LogP contribution in [0.5, 0.6) is 0 Å². The summed E-state index contributed by atoms with van der Waals surface area (Å²) in [6.45, 7) is 4.70. The van der Waals surface area contributed by atoms with Gasteiger partial charge in [0.05, 0.1) is 18.5 Å². The van der Waals surface area contributed by atoms with Gasteiger partial charge in [0, 0.05) is 38.4 Å². The fraction of sp³-hybridized carbons (Fsp3) is 0.500. The summed E-state index contributed by atoms with van der Waals surface area (Å²) in [5.41, 5.74) is 7.41. The lowest BCUT2D eigenvalue weighted by Gasteiger charge is -2.31.